The lowest BCUT2D eigenvalue weighted by Gasteiger charge is -2.09. The van der Waals surface area contributed by atoms with Gasteiger partial charge in [0.15, 0.2) is 5.69 Å². The second-order valence-corrected chi connectivity index (χ2v) is 8.10. The zero-order valence-electron chi connectivity index (χ0n) is 19.1. The number of amidine groups is 1. The number of benzene rings is 3. The number of rotatable bonds is 6. The summed E-state index contributed by atoms with van der Waals surface area (Å²) in [5.74, 6) is -0.989. The van der Waals surface area contributed by atoms with Crippen molar-refractivity contribution in [3.8, 4) is 11.1 Å². The Labute approximate surface area is 196 Å². The summed E-state index contributed by atoms with van der Waals surface area (Å²) in [5, 5.41) is 15.8. The number of anilines is 1. The number of esters is 1. The summed E-state index contributed by atoms with van der Waals surface area (Å²) in [4.78, 5) is 25.5. The normalized spacial score (nSPS) is 10.9. The third kappa shape index (κ3) is 4.25. The molecule has 1 amide bonds. The van der Waals surface area contributed by atoms with E-state index >= 15 is 0 Å². The summed E-state index contributed by atoms with van der Waals surface area (Å²) in [6.45, 7) is 3.98. The van der Waals surface area contributed by atoms with E-state index in [0.29, 0.717) is 16.6 Å². The highest BCUT2D eigenvalue weighted by Crippen LogP contribution is 2.29. The quantitative estimate of drug-likeness (QED) is 0.223. The van der Waals surface area contributed by atoms with Crippen LogP contribution < -0.4 is 11.1 Å². The number of nitrogens with one attached hydrogen (secondary N) is 2. The van der Waals surface area contributed by atoms with Crippen LogP contribution in [0.3, 0.4) is 0 Å². The largest absolute Gasteiger partial charge is 0.465 e. The third-order valence-corrected chi connectivity index (χ3v) is 5.50. The summed E-state index contributed by atoms with van der Waals surface area (Å²) >= 11 is 0. The van der Waals surface area contributed by atoms with Gasteiger partial charge in [0.2, 0.25) is 0 Å². The molecule has 8 nitrogen and oxygen atoms in total. The van der Waals surface area contributed by atoms with Crippen molar-refractivity contribution < 1.29 is 14.3 Å². The topological polar surface area (TPSA) is 123 Å². The molecule has 0 saturated carbocycles. The van der Waals surface area contributed by atoms with Crippen LogP contribution in [0.5, 0.6) is 0 Å². The fourth-order valence-electron chi connectivity index (χ4n) is 3.81. The van der Waals surface area contributed by atoms with Crippen LogP contribution in [0.25, 0.3) is 22.0 Å². The number of methoxy groups -OCH3 is 1. The van der Waals surface area contributed by atoms with Crippen molar-refractivity contribution >= 4 is 34.3 Å². The van der Waals surface area contributed by atoms with Crippen LogP contribution >= 0.6 is 0 Å². The molecule has 0 aliphatic rings. The number of nitrogen functional groups attached to an aromatic ring is 1. The van der Waals surface area contributed by atoms with Crippen molar-refractivity contribution in [2.75, 3.05) is 12.4 Å². The van der Waals surface area contributed by atoms with E-state index in [9.17, 15) is 9.59 Å². The summed E-state index contributed by atoms with van der Waals surface area (Å²) in [5.41, 5.74) is 9.66. The lowest BCUT2D eigenvalue weighted by atomic mass is 10.0. The van der Waals surface area contributed by atoms with E-state index in [-0.39, 0.29) is 23.1 Å². The Morgan fingerprint density at radius 3 is 2.47 bits per heavy atom. The Balaban J connectivity index is 1.80. The van der Waals surface area contributed by atoms with Crippen molar-refractivity contribution in [3.63, 3.8) is 0 Å². The molecule has 0 aliphatic heterocycles. The molecule has 0 bridgehead atoms. The molecule has 4 rings (SSSR count). The molecule has 0 unspecified atom stereocenters. The Hall–Kier alpha value is -4.46. The minimum atomic E-state index is -0.541. The van der Waals surface area contributed by atoms with Crippen molar-refractivity contribution in [2.45, 2.75) is 19.9 Å². The Bertz CT molecular complexity index is 1420. The van der Waals surface area contributed by atoms with Crippen molar-refractivity contribution in [1.29, 1.82) is 5.41 Å². The highest BCUT2D eigenvalue weighted by molar-refractivity contribution is 6.13. The Morgan fingerprint density at radius 1 is 1.03 bits per heavy atom. The highest BCUT2D eigenvalue weighted by atomic mass is 16.5. The molecular weight excluding hydrogens is 430 g/mol. The first kappa shape index (κ1) is 22.7. The van der Waals surface area contributed by atoms with Crippen LogP contribution in [-0.2, 0) is 4.74 Å². The molecular formula is C26H25N5O3. The van der Waals surface area contributed by atoms with Gasteiger partial charge < -0.3 is 15.8 Å². The van der Waals surface area contributed by atoms with Gasteiger partial charge in [-0.25, -0.2) is 4.79 Å². The van der Waals surface area contributed by atoms with E-state index in [0.717, 1.165) is 16.6 Å². The van der Waals surface area contributed by atoms with Gasteiger partial charge in [0.05, 0.1) is 23.9 Å². The van der Waals surface area contributed by atoms with Crippen molar-refractivity contribution in [1.82, 2.24) is 9.78 Å². The van der Waals surface area contributed by atoms with Crippen molar-refractivity contribution in [2.24, 2.45) is 5.73 Å². The molecule has 0 atom stereocenters. The molecule has 0 spiro atoms. The van der Waals surface area contributed by atoms with E-state index < -0.39 is 11.9 Å². The van der Waals surface area contributed by atoms with Gasteiger partial charge in [-0.2, -0.15) is 5.10 Å². The van der Waals surface area contributed by atoms with Gasteiger partial charge in [-0.1, -0.05) is 36.4 Å². The van der Waals surface area contributed by atoms with E-state index in [4.69, 9.17) is 15.9 Å². The lowest BCUT2D eigenvalue weighted by molar-refractivity contribution is 0.0602. The molecule has 8 heteroatoms. The van der Waals surface area contributed by atoms with Gasteiger partial charge in [-0.15, -0.1) is 0 Å². The first-order valence-corrected chi connectivity index (χ1v) is 10.8. The van der Waals surface area contributed by atoms with Gasteiger partial charge in [0.25, 0.3) is 5.91 Å². The van der Waals surface area contributed by atoms with Crippen LogP contribution in [0.15, 0.2) is 66.7 Å². The van der Waals surface area contributed by atoms with E-state index in [1.165, 1.54) is 7.11 Å². The molecule has 4 aromatic rings. The number of fused-ring (bicyclic) bond motifs is 1. The van der Waals surface area contributed by atoms with Crippen LogP contribution in [0.4, 0.5) is 5.69 Å². The zero-order chi connectivity index (χ0) is 24.4. The second-order valence-electron chi connectivity index (χ2n) is 8.10. The maximum Gasteiger partial charge on any atom is 0.339 e. The number of aromatic nitrogens is 2. The van der Waals surface area contributed by atoms with Crippen LogP contribution in [0, 0.1) is 5.41 Å². The van der Waals surface area contributed by atoms with Gasteiger partial charge in [-0.05, 0) is 55.3 Å². The smallest absolute Gasteiger partial charge is 0.339 e. The van der Waals surface area contributed by atoms with Gasteiger partial charge in [0, 0.05) is 17.0 Å². The van der Waals surface area contributed by atoms with Crippen LogP contribution in [-0.4, -0.2) is 34.6 Å². The van der Waals surface area contributed by atoms with Crippen LogP contribution in [0.1, 0.15) is 46.3 Å². The fourth-order valence-corrected chi connectivity index (χ4v) is 3.81. The predicted octanol–water partition coefficient (Wildman–Crippen LogP) is 4.61. The second kappa shape index (κ2) is 9.19. The zero-order valence-corrected chi connectivity index (χ0v) is 19.1. The third-order valence-electron chi connectivity index (χ3n) is 5.50. The SMILES string of the molecule is COC(=O)c1ccccc1NC(=O)c1nn(C(C)C)c2ccc(-c3cccc(C(=N)N)c3)cc12. The number of carbonyl (C=O) groups excluding carboxylic acids is 2. The minimum absolute atomic E-state index is 0.0140. The maximum absolute atomic E-state index is 13.3. The number of ether oxygens (including phenoxy) is 1. The number of carbonyl (C=O) groups is 2. The Morgan fingerprint density at radius 2 is 1.76 bits per heavy atom. The molecule has 1 heterocycles. The highest BCUT2D eigenvalue weighted by Gasteiger charge is 2.21. The van der Waals surface area contributed by atoms with Crippen LogP contribution in [0.2, 0.25) is 0 Å². The van der Waals surface area contributed by atoms with E-state index in [1.54, 1.807) is 35.0 Å². The summed E-state index contributed by atoms with van der Waals surface area (Å²) in [7, 11) is 1.29. The van der Waals surface area contributed by atoms with E-state index in [1.807, 2.05) is 50.2 Å². The summed E-state index contributed by atoms with van der Waals surface area (Å²) in [6, 6.07) is 19.9. The summed E-state index contributed by atoms with van der Waals surface area (Å²) < 4.78 is 6.63. The molecule has 1 aromatic heterocycles. The monoisotopic (exact) mass is 455 g/mol. The number of para-hydroxylation sites is 1. The maximum atomic E-state index is 13.3. The van der Waals surface area contributed by atoms with Crippen molar-refractivity contribution in [3.05, 3.63) is 83.6 Å². The molecule has 4 N–H and O–H groups in total. The fraction of sp³-hybridized carbons (Fsp3) is 0.154. The average Bonchev–Trinajstić information content (AvgIpc) is 3.23. The first-order valence-electron chi connectivity index (χ1n) is 10.8. The Kier molecular flexibility index (Phi) is 6.14. The molecule has 172 valence electrons. The molecule has 0 radical (unpaired) electrons. The standard InChI is InChI=1S/C26H25N5O3/c1-15(2)31-22-12-11-17(16-7-6-8-18(13-16)24(27)28)14-20(22)23(30-31)25(32)29-21-10-5-4-9-19(21)26(33)34-3/h4-15H,1-3H3,(H3,27,28)(H,29,32). The summed E-state index contributed by atoms with van der Waals surface area (Å²) in [6.07, 6.45) is 0. The molecule has 3 aromatic carbocycles. The minimum Gasteiger partial charge on any atom is -0.465 e. The van der Waals surface area contributed by atoms with Gasteiger partial charge in [0.1, 0.15) is 5.84 Å². The molecule has 0 aliphatic carbocycles. The first-order chi connectivity index (χ1) is 16.3. The van der Waals surface area contributed by atoms with Gasteiger partial charge in [-0.3, -0.25) is 14.9 Å². The van der Waals surface area contributed by atoms with E-state index in [2.05, 4.69) is 10.4 Å². The molecule has 34 heavy (non-hydrogen) atoms. The predicted molar refractivity (Wildman–Crippen MR) is 132 cm³/mol. The number of amides is 1. The van der Waals surface area contributed by atoms with Gasteiger partial charge >= 0.3 is 5.97 Å². The molecule has 0 saturated heterocycles. The number of hydrogen-bond donors (Lipinski definition) is 3. The average molecular weight is 456 g/mol. The number of hydrogen-bond acceptors (Lipinski definition) is 5. The molecule has 0 fully saturated rings. The number of nitrogens with two attached hydrogens (primary N) is 1. The lowest BCUT2D eigenvalue weighted by Crippen LogP contribution is -2.16. The number of nitrogens with zero attached hydrogens (tertiary/aromatic N) is 2.